The Bertz CT molecular complexity index is 124. The summed E-state index contributed by atoms with van der Waals surface area (Å²) in [5, 5.41) is 8.52. The van der Waals surface area contributed by atoms with Crippen LogP contribution in [0.4, 0.5) is 0 Å². The third kappa shape index (κ3) is 2.08. The van der Waals surface area contributed by atoms with Crippen LogP contribution in [0.25, 0.3) is 0 Å². The molecule has 1 heterocycles. The average molecular weight is 193 g/mol. The monoisotopic (exact) mass is 192 g/mol. The summed E-state index contributed by atoms with van der Waals surface area (Å²) in [6.45, 7) is 3.79. The van der Waals surface area contributed by atoms with E-state index in [-0.39, 0.29) is 18.8 Å². The van der Waals surface area contributed by atoms with Crippen LogP contribution in [0.5, 0.6) is 0 Å². The minimum Gasteiger partial charge on any atom is -0.394 e. The summed E-state index contributed by atoms with van der Waals surface area (Å²) < 4.78 is 5.97. The van der Waals surface area contributed by atoms with Crippen LogP contribution in [0.1, 0.15) is 6.42 Å². The van der Waals surface area contributed by atoms with Crippen molar-refractivity contribution in [2.24, 2.45) is 0 Å². The van der Waals surface area contributed by atoms with Gasteiger partial charge >= 0.3 is 0 Å². The third-order valence-electron chi connectivity index (χ3n) is 1.29. The number of hydrogen-bond acceptors (Lipinski definition) is 2. The molecule has 0 saturated carbocycles. The number of hydrogen-bond donors (Lipinski definition) is 1. The first-order valence-electron chi connectivity index (χ1n) is 2.83. The SMILES string of the molecule is C=C(Br)CC1OC1CO. The average Bonchev–Trinajstić information content (AvgIpc) is 2.45. The smallest absolute Gasteiger partial charge is 0.107 e. The molecule has 0 aliphatic carbocycles. The Morgan fingerprint density at radius 1 is 1.67 bits per heavy atom. The molecule has 1 N–H and O–H groups in total. The number of aliphatic hydroxyl groups is 1. The molecular weight excluding hydrogens is 184 g/mol. The lowest BCUT2D eigenvalue weighted by Crippen LogP contribution is -1.98. The molecule has 9 heavy (non-hydrogen) atoms. The Morgan fingerprint density at radius 3 is 2.67 bits per heavy atom. The first-order chi connectivity index (χ1) is 4.24. The van der Waals surface area contributed by atoms with Crippen LogP contribution < -0.4 is 0 Å². The predicted octanol–water partition coefficient (Wildman–Crippen LogP) is 1.04. The normalized spacial score (nSPS) is 32.2. The van der Waals surface area contributed by atoms with E-state index in [0.717, 1.165) is 10.9 Å². The van der Waals surface area contributed by atoms with Gasteiger partial charge in [0.1, 0.15) is 6.10 Å². The van der Waals surface area contributed by atoms with E-state index in [2.05, 4.69) is 22.5 Å². The summed E-state index contributed by atoms with van der Waals surface area (Å²) in [7, 11) is 0. The van der Waals surface area contributed by atoms with Gasteiger partial charge in [-0.05, 0) is 4.48 Å². The van der Waals surface area contributed by atoms with Crippen molar-refractivity contribution in [1.82, 2.24) is 0 Å². The van der Waals surface area contributed by atoms with Gasteiger partial charge in [-0.3, -0.25) is 0 Å². The third-order valence-corrected chi connectivity index (χ3v) is 1.61. The molecule has 0 aromatic carbocycles. The molecule has 0 spiro atoms. The van der Waals surface area contributed by atoms with Crippen LogP contribution >= 0.6 is 15.9 Å². The maximum Gasteiger partial charge on any atom is 0.107 e. The molecule has 2 atom stereocenters. The highest BCUT2D eigenvalue weighted by atomic mass is 79.9. The van der Waals surface area contributed by atoms with Crippen LogP contribution in [0.3, 0.4) is 0 Å². The fourth-order valence-electron chi connectivity index (χ4n) is 0.738. The van der Waals surface area contributed by atoms with Crippen molar-refractivity contribution in [2.75, 3.05) is 6.61 Å². The lowest BCUT2D eigenvalue weighted by molar-refractivity contribution is 0.242. The quantitative estimate of drug-likeness (QED) is 0.679. The van der Waals surface area contributed by atoms with Gasteiger partial charge in [-0.15, -0.1) is 0 Å². The minimum atomic E-state index is 0.0688. The molecule has 1 rings (SSSR count). The molecular formula is C6H9BrO2. The summed E-state index contributed by atoms with van der Waals surface area (Å²) in [6.07, 6.45) is 1.09. The van der Waals surface area contributed by atoms with Crippen LogP contribution in [0.15, 0.2) is 11.1 Å². The Morgan fingerprint density at radius 2 is 2.33 bits per heavy atom. The number of epoxide rings is 1. The van der Waals surface area contributed by atoms with Crippen molar-refractivity contribution in [3.05, 3.63) is 11.1 Å². The molecule has 52 valence electrons. The second-order valence-electron chi connectivity index (χ2n) is 2.12. The maximum atomic E-state index is 8.52. The molecule has 2 nitrogen and oxygen atoms in total. The first kappa shape index (κ1) is 7.25. The van der Waals surface area contributed by atoms with E-state index in [1.54, 1.807) is 0 Å². The van der Waals surface area contributed by atoms with Gasteiger partial charge in [0.05, 0.1) is 12.7 Å². The van der Waals surface area contributed by atoms with E-state index in [4.69, 9.17) is 9.84 Å². The lowest BCUT2D eigenvalue weighted by Gasteiger charge is -1.87. The summed E-state index contributed by atoms with van der Waals surface area (Å²) >= 11 is 3.22. The second-order valence-corrected chi connectivity index (χ2v) is 3.24. The first-order valence-corrected chi connectivity index (χ1v) is 3.63. The van der Waals surface area contributed by atoms with Crippen LogP contribution in [0.2, 0.25) is 0 Å². The Labute approximate surface area is 62.6 Å². The topological polar surface area (TPSA) is 32.8 Å². The summed E-state index contributed by atoms with van der Waals surface area (Å²) in [5.41, 5.74) is 0. The molecule has 1 saturated heterocycles. The van der Waals surface area contributed by atoms with Crippen LogP contribution in [0, 0.1) is 0 Å². The molecule has 0 aromatic rings. The van der Waals surface area contributed by atoms with Gasteiger partial charge in [0.25, 0.3) is 0 Å². The van der Waals surface area contributed by atoms with Crippen LogP contribution in [-0.4, -0.2) is 23.9 Å². The van der Waals surface area contributed by atoms with E-state index in [1.807, 2.05) is 0 Å². The lowest BCUT2D eigenvalue weighted by atomic mass is 10.2. The van der Waals surface area contributed by atoms with Crippen molar-refractivity contribution in [2.45, 2.75) is 18.6 Å². The van der Waals surface area contributed by atoms with Gasteiger partial charge < -0.3 is 9.84 Å². The van der Waals surface area contributed by atoms with Crippen molar-refractivity contribution in [3.8, 4) is 0 Å². The molecule has 0 amide bonds. The van der Waals surface area contributed by atoms with Crippen molar-refractivity contribution < 1.29 is 9.84 Å². The van der Waals surface area contributed by atoms with Crippen molar-refractivity contribution in [3.63, 3.8) is 0 Å². The molecule has 1 aliphatic rings. The highest BCUT2D eigenvalue weighted by Gasteiger charge is 2.37. The Balaban J connectivity index is 2.12. The fourth-order valence-corrected chi connectivity index (χ4v) is 1.06. The number of halogens is 1. The van der Waals surface area contributed by atoms with E-state index in [0.29, 0.717) is 0 Å². The van der Waals surface area contributed by atoms with Gasteiger partial charge in [-0.1, -0.05) is 22.5 Å². The maximum absolute atomic E-state index is 8.52. The molecule has 1 aliphatic heterocycles. The van der Waals surface area contributed by atoms with E-state index < -0.39 is 0 Å². The van der Waals surface area contributed by atoms with Crippen LogP contribution in [-0.2, 0) is 4.74 Å². The summed E-state index contributed by atoms with van der Waals surface area (Å²) in [5.74, 6) is 0. The van der Waals surface area contributed by atoms with Crippen molar-refractivity contribution >= 4 is 15.9 Å². The van der Waals surface area contributed by atoms with Gasteiger partial charge in [-0.2, -0.15) is 0 Å². The zero-order chi connectivity index (χ0) is 6.85. The fraction of sp³-hybridized carbons (Fsp3) is 0.667. The number of ether oxygens (including phenoxy) is 1. The second kappa shape index (κ2) is 2.82. The molecule has 1 fully saturated rings. The van der Waals surface area contributed by atoms with E-state index >= 15 is 0 Å². The van der Waals surface area contributed by atoms with Gasteiger partial charge in [0, 0.05) is 6.42 Å². The van der Waals surface area contributed by atoms with Gasteiger partial charge in [0.2, 0.25) is 0 Å². The van der Waals surface area contributed by atoms with E-state index in [1.165, 1.54) is 0 Å². The highest BCUT2D eigenvalue weighted by Crippen LogP contribution is 2.28. The molecule has 2 unspecified atom stereocenters. The molecule has 0 radical (unpaired) electrons. The zero-order valence-electron chi connectivity index (χ0n) is 5.01. The largest absolute Gasteiger partial charge is 0.394 e. The van der Waals surface area contributed by atoms with Gasteiger partial charge in [0.15, 0.2) is 0 Å². The number of aliphatic hydroxyl groups excluding tert-OH is 1. The zero-order valence-corrected chi connectivity index (χ0v) is 6.60. The molecule has 0 aromatic heterocycles. The Kier molecular flexibility index (Phi) is 2.27. The van der Waals surface area contributed by atoms with E-state index in [9.17, 15) is 0 Å². The minimum absolute atomic E-state index is 0.0688. The Hall–Kier alpha value is 0.140. The predicted molar refractivity (Wildman–Crippen MR) is 38.4 cm³/mol. The highest BCUT2D eigenvalue weighted by molar-refractivity contribution is 9.11. The van der Waals surface area contributed by atoms with Crippen molar-refractivity contribution in [1.29, 1.82) is 0 Å². The molecule has 3 heteroatoms. The standard InChI is InChI=1S/C6H9BrO2/c1-4(7)2-5-6(3-8)9-5/h5-6,8H,1-3H2. The number of rotatable bonds is 3. The van der Waals surface area contributed by atoms with Gasteiger partial charge in [-0.25, -0.2) is 0 Å². The summed E-state index contributed by atoms with van der Waals surface area (Å²) in [4.78, 5) is 0. The summed E-state index contributed by atoms with van der Waals surface area (Å²) in [6, 6.07) is 0. The molecule has 0 bridgehead atoms.